The van der Waals surface area contributed by atoms with Crippen LogP contribution in [0.4, 0.5) is 5.82 Å². The van der Waals surface area contributed by atoms with Crippen LogP contribution in [0.2, 0.25) is 0 Å². The molecule has 2 aliphatic rings. The number of carbonyl (C=O) groups is 1. The minimum atomic E-state index is -0.0557. The highest BCUT2D eigenvalue weighted by Gasteiger charge is 2.24. The molecule has 3 aromatic heterocycles. The van der Waals surface area contributed by atoms with Gasteiger partial charge < -0.3 is 10.2 Å². The molecule has 7 nitrogen and oxygen atoms in total. The molecular weight excluding hydrogens is 396 g/mol. The van der Waals surface area contributed by atoms with Crippen molar-refractivity contribution in [1.82, 2.24) is 25.3 Å². The van der Waals surface area contributed by atoms with E-state index in [4.69, 9.17) is 0 Å². The summed E-state index contributed by atoms with van der Waals surface area (Å²) in [7, 11) is 1.82. The van der Waals surface area contributed by atoms with Gasteiger partial charge in [0.2, 0.25) is 0 Å². The Morgan fingerprint density at radius 1 is 1.17 bits per heavy atom. The smallest absolute Gasteiger partial charge is 0.269 e. The molecule has 1 fully saturated rings. The molecule has 5 rings (SSSR count). The molecule has 4 heterocycles. The van der Waals surface area contributed by atoms with Crippen LogP contribution in [0.15, 0.2) is 29.6 Å². The topological polar surface area (TPSA) is 75.9 Å². The molecule has 0 bridgehead atoms. The lowest BCUT2D eigenvalue weighted by Crippen LogP contribution is -2.45. The molecule has 0 spiro atoms. The Labute approximate surface area is 180 Å². The van der Waals surface area contributed by atoms with Crippen LogP contribution in [0.3, 0.4) is 0 Å². The number of hydrogen-bond donors (Lipinski definition) is 1. The SMILES string of the molecule is Cn1nc(-c2cccs2)cc1C(=O)NC1CCN(c2cc3c(nn2)CCCC3)CC1. The number of aryl methyl sites for hydroxylation is 3. The fourth-order valence-electron chi connectivity index (χ4n) is 4.37. The third kappa shape index (κ3) is 3.84. The van der Waals surface area contributed by atoms with E-state index in [0.29, 0.717) is 5.69 Å². The van der Waals surface area contributed by atoms with Crippen LogP contribution < -0.4 is 10.2 Å². The highest BCUT2D eigenvalue weighted by Crippen LogP contribution is 2.25. The Hall–Kier alpha value is -2.74. The normalized spacial score (nSPS) is 17.0. The zero-order chi connectivity index (χ0) is 20.5. The quantitative estimate of drug-likeness (QED) is 0.699. The van der Waals surface area contributed by atoms with E-state index >= 15 is 0 Å². The zero-order valence-corrected chi connectivity index (χ0v) is 18.0. The molecule has 1 amide bonds. The molecule has 30 heavy (non-hydrogen) atoms. The van der Waals surface area contributed by atoms with Gasteiger partial charge in [-0.15, -0.1) is 16.4 Å². The molecule has 0 radical (unpaired) electrons. The second kappa shape index (κ2) is 8.18. The summed E-state index contributed by atoms with van der Waals surface area (Å²) in [6, 6.07) is 8.28. The molecule has 1 aliphatic heterocycles. The van der Waals surface area contributed by atoms with Crippen LogP contribution in [0.1, 0.15) is 47.4 Å². The molecule has 1 saturated heterocycles. The van der Waals surface area contributed by atoms with Crippen molar-refractivity contribution in [3.8, 4) is 10.6 Å². The van der Waals surface area contributed by atoms with E-state index in [1.54, 1.807) is 16.0 Å². The number of nitrogens with zero attached hydrogens (tertiary/aromatic N) is 5. The lowest BCUT2D eigenvalue weighted by molar-refractivity contribution is 0.0921. The predicted molar refractivity (Wildman–Crippen MR) is 118 cm³/mol. The highest BCUT2D eigenvalue weighted by molar-refractivity contribution is 7.13. The van der Waals surface area contributed by atoms with E-state index in [-0.39, 0.29) is 11.9 Å². The van der Waals surface area contributed by atoms with E-state index in [1.165, 1.54) is 24.1 Å². The summed E-state index contributed by atoms with van der Waals surface area (Å²) >= 11 is 1.63. The number of nitrogens with one attached hydrogen (secondary N) is 1. The monoisotopic (exact) mass is 422 g/mol. The van der Waals surface area contributed by atoms with Crippen molar-refractivity contribution in [1.29, 1.82) is 0 Å². The first-order valence-electron chi connectivity index (χ1n) is 10.7. The Morgan fingerprint density at radius 3 is 2.80 bits per heavy atom. The standard InChI is InChI=1S/C22H26N6OS/c1-27-19(14-18(26-27)20-7-4-12-30-20)22(29)23-16-8-10-28(11-9-16)21-13-15-5-2-3-6-17(15)24-25-21/h4,7,12-14,16H,2-3,5-6,8-11H2,1H3,(H,23,29). The molecule has 1 aliphatic carbocycles. The van der Waals surface area contributed by atoms with Crippen LogP contribution in [-0.2, 0) is 19.9 Å². The fourth-order valence-corrected chi connectivity index (χ4v) is 5.05. The average molecular weight is 423 g/mol. The van der Waals surface area contributed by atoms with Crippen molar-refractivity contribution in [2.75, 3.05) is 18.0 Å². The number of thiophene rings is 1. The number of hydrogen-bond acceptors (Lipinski definition) is 6. The van der Waals surface area contributed by atoms with E-state index in [9.17, 15) is 4.79 Å². The van der Waals surface area contributed by atoms with Gasteiger partial charge in [-0.3, -0.25) is 9.48 Å². The first kappa shape index (κ1) is 19.2. The van der Waals surface area contributed by atoms with Crippen LogP contribution >= 0.6 is 11.3 Å². The number of fused-ring (bicyclic) bond motifs is 1. The van der Waals surface area contributed by atoms with Crippen molar-refractivity contribution >= 4 is 23.1 Å². The molecule has 3 aromatic rings. The minimum absolute atomic E-state index is 0.0557. The Kier molecular flexibility index (Phi) is 5.25. The molecule has 156 valence electrons. The van der Waals surface area contributed by atoms with Crippen molar-refractivity contribution in [2.45, 2.75) is 44.6 Å². The van der Waals surface area contributed by atoms with Crippen LogP contribution in [0.5, 0.6) is 0 Å². The van der Waals surface area contributed by atoms with Gasteiger partial charge in [-0.25, -0.2) is 0 Å². The number of aromatic nitrogens is 4. The van der Waals surface area contributed by atoms with Crippen molar-refractivity contribution in [2.24, 2.45) is 7.05 Å². The number of piperidine rings is 1. The van der Waals surface area contributed by atoms with Crippen molar-refractivity contribution in [3.05, 3.63) is 46.6 Å². The van der Waals surface area contributed by atoms with Gasteiger partial charge in [0, 0.05) is 26.2 Å². The maximum atomic E-state index is 12.8. The summed E-state index contributed by atoms with van der Waals surface area (Å²) in [4.78, 5) is 16.2. The molecule has 0 atom stereocenters. The van der Waals surface area contributed by atoms with Crippen LogP contribution in [-0.4, -0.2) is 45.0 Å². The summed E-state index contributed by atoms with van der Waals surface area (Å²) in [6.07, 6.45) is 6.44. The summed E-state index contributed by atoms with van der Waals surface area (Å²) in [5.41, 5.74) is 3.98. The Balaban J connectivity index is 1.20. The van der Waals surface area contributed by atoms with Gasteiger partial charge in [0.1, 0.15) is 11.4 Å². The maximum absolute atomic E-state index is 12.8. The number of anilines is 1. The third-order valence-corrected chi connectivity index (χ3v) is 6.99. The van der Waals surface area contributed by atoms with Gasteiger partial charge in [-0.1, -0.05) is 6.07 Å². The van der Waals surface area contributed by atoms with Gasteiger partial charge >= 0.3 is 0 Å². The average Bonchev–Trinajstić information content (AvgIpc) is 3.44. The van der Waals surface area contributed by atoms with E-state index in [1.807, 2.05) is 30.6 Å². The molecular formula is C22H26N6OS. The summed E-state index contributed by atoms with van der Waals surface area (Å²) in [6.45, 7) is 1.76. The van der Waals surface area contributed by atoms with Crippen molar-refractivity contribution in [3.63, 3.8) is 0 Å². The fraction of sp³-hybridized carbons (Fsp3) is 0.455. The highest BCUT2D eigenvalue weighted by atomic mass is 32.1. The van der Waals surface area contributed by atoms with Crippen molar-refractivity contribution < 1.29 is 4.79 Å². The van der Waals surface area contributed by atoms with Gasteiger partial charge in [-0.2, -0.15) is 10.2 Å². The van der Waals surface area contributed by atoms with Crippen LogP contribution in [0.25, 0.3) is 10.6 Å². The van der Waals surface area contributed by atoms with E-state index in [2.05, 4.69) is 31.6 Å². The van der Waals surface area contributed by atoms with Gasteiger partial charge in [0.25, 0.3) is 5.91 Å². The second-order valence-corrected chi connectivity index (χ2v) is 9.08. The molecule has 8 heteroatoms. The molecule has 0 aromatic carbocycles. The largest absolute Gasteiger partial charge is 0.355 e. The summed E-state index contributed by atoms with van der Waals surface area (Å²) < 4.78 is 1.67. The minimum Gasteiger partial charge on any atom is -0.355 e. The lowest BCUT2D eigenvalue weighted by atomic mass is 9.96. The van der Waals surface area contributed by atoms with Crippen LogP contribution in [0, 0.1) is 0 Å². The second-order valence-electron chi connectivity index (χ2n) is 8.13. The van der Waals surface area contributed by atoms with Gasteiger partial charge in [0.05, 0.1) is 10.6 Å². The first-order chi connectivity index (χ1) is 14.7. The van der Waals surface area contributed by atoms with E-state index < -0.39 is 0 Å². The van der Waals surface area contributed by atoms with E-state index in [0.717, 1.165) is 55.2 Å². The number of amides is 1. The first-order valence-corrected chi connectivity index (χ1v) is 11.5. The summed E-state index contributed by atoms with van der Waals surface area (Å²) in [5, 5.41) is 18.6. The summed E-state index contributed by atoms with van der Waals surface area (Å²) in [5.74, 6) is 0.924. The number of carbonyl (C=O) groups excluding carboxylic acids is 1. The maximum Gasteiger partial charge on any atom is 0.269 e. The Bertz CT molecular complexity index is 1040. The van der Waals surface area contributed by atoms with Gasteiger partial charge in [0.15, 0.2) is 5.82 Å². The molecule has 1 N–H and O–H groups in total. The van der Waals surface area contributed by atoms with Gasteiger partial charge in [-0.05, 0) is 67.7 Å². The Morgan fingerprint density at radius 2 is 2.00 bits per heavy atom. The predicted octanol–water partition coefficient (Wildman–Crippen LogP) is 3.22. The zero-order valence-electron chi connectivity index (χ0n) is 17.2. The molecule has 0 saturated carbocycles. The third-order valence-electron chi connectivity index (χ3n) is 6.10. The number of rotatable bonds is 4. The lowest BCUT2D eigenvalue weighted by Gasteiger charge is -2.33. The molecule has 0 unspecified atom stereocenters.